The molecule has 1 saturated carbocycles. The van der Waals surface area contributed by atoms with Gasteiger partial charge in [-0.2, -0.15) is 0 Å². The smallest absolute Gasteiger partial charge is 0.236 e. The van der Waals surface area contributed by atoms with Gasteiger partial charge in [-0.1, -0.05) is 0 Å². The van der Waals surface area contributed by atoms with Gasteiger partial charge in [0.1, 0.15) is 0 Å². The van der Waals surface area contributed by atoms with Gasteiger partial charge in [-0.15, -0.1) is 0 Å². The molecule has 1 aliphatic heterocycles. The predicted molar refractivity (Wildman–Crippen MR) is 77.4 cm³/mol. The maximum atomic E-state index is 12.1. The molecule has 0 bridgehead atoms. The van der Waals surface area contributed by atoms with Crippen LogP contribution in [0.5, 0.6) is 0 Å². The fourth-order valence-electron chi connectivity index (χ4n) is 3.29. The van der Waals surface area contributed by atoms with Crippen LogP contribution >= 0.6 is 0 Å². The third-order valence-electron chi connectivity index (χ3n) is 4.65. The Hall–Kier alpha value is -0.650. The first-order chi connectivity index (χ1) is 9.60. The highest BCUT2D eigenvalue weighted by Crippen LogP contribution is 2.36. The largest absolute Gasteiger partial charge is 0.348 e. The van der Waals surface area contributed by atoms with Crippen LogP contribution in [0, 0.1) is 0 Å². The molecule has 1 aliphatic carbocycles. The zero-order chi connectivity index (χ0) is 14.6. The van der Waals surface area contributed by atoms with Gasteiger partial charge in [-0.05, 0) is 33.7 Å². The summed E-state index contributed by atoms with van der Waals surface area (Å²) in [4.78, 5) is 16.2. The molecule has 2 fully saturated rings. The Morgan fingerprint density at radius 1 is 1.15 bits per heavy atom. The standard InChI is InChI=1S/C15H28N2O3/c1-4-17(5-2)14(18)12-16(3)13-6-8-15(9-7-13)19-10-11-20-15/h13H,4-12H2,1-3H3. The van der Waals surface area contributed by atoms with Gasteiger partial charge < -0.3 is 14.4 Å². The SMILES string of the molecule is CCN(CC)C(=O)CN(C)C1CCC2(CC1)OCCO2. The normalized spacial score (nSPS) is 22.6. The highest BCUT2D eigenvalue weighted by atomic mass is 16.7. The van der Waals surface area contributed by atoms with Crippen molar-refractivity contribution in [2.45, 2.75) is 51.4 Å². The third-order valence-corrected chi connectivity index (χ3v) is 4.65. The van der Waals surface area contributed by atoms with Crippen LogP contribution in [0.2, 0.25) is 0 Å². The third kappa shape index (κ3) is 3.51. The summed E-state index contributed by atoms with van der Waals surface area (Å²) in [7, 11) is 2.06. The van der Waals surface area contributed by atoms with Crippen molar-refractivity contribution in [1.29, 1.82) is 0 Å². The minimum absolute atomic E-state index is 0.228. The van der Waals surface area contributed by atoms with Gasteiger partial charge in [-0.25, -0.2) is 0 Å². The van der Waals surface area contributed by atoms with Gasteiger partial charge in [-0.3, -0.25) is 9.69 Å². The van der Waals surface area contributed by atoms with Gasteiger partial charge in [0.2, 0.25) is 5.91 Å². The van der Waals surface area contributed by atoms with Crippen LogP contribution < -0.4 is 0 Å². The molecule has 116 valence electrons. The first-order valence-electron chi connectivity index (χ1n) is 7.86. The highest BCUT2D eigenvalue weighted by Gasteiger charge is 2.41. The van der Waals surface area contributed by atoms with Crippen LogP contribution in [-0.4, -0.2) is 67.4 Å². The molecule has 0 aromatic heterocycles. The summed E-state index contributed by atoms with van der Waals surface area (Å²) in [6.07, 6.45) is 3.98. The summed E-state index contributed by atoms with van der Waals surface area (Å²) in [5.41, 5.74) is 0. The van der Waals surface area contributed by atoms with Crippen molar-refractivity contribution < 1.29 is 14.3 Å². The summed E-state index contributed by atoms with van der Waals surface area (Å²) >= 11 is 0. The van der Waals surface area contributed by atoms with E-state index in [-0.39, 0.29) is 11.7 Å². The van der Waals surface area contributed by atoms with Crippen molar-refractivity contribution in [3.8, 4) is 0 Å². The first-order valence-corrected chi connectivity index (χ1v) is 7.86. The molecule has 0 atom stereocenters. The summed E-state index contributed by atoms with van der Waals surface area (Å²) < 4.78 is 11.5. The van der Waals surface area contributed by atoms with E-state index < -0.39 is 0 Å². The maximum Gasteiger partial charge on any atom is 0.236 e. The van der Waals surface area contributed by atoms with Crippen molar-refractivity contribution in [3.05, 3.63) is 0 Å². The number of amides is 1. The lowest BCUT2D eigenvalue weighted by atomic mass is 9.89. The van der Waals surface area contributed by atoms with Crippen molar-refractivity contribution in [2.24, 2.45) is 0 Å². The molecule has 1 spiro atoms. The van der Waals surface area contributed by atoms with E-state index in [0.717, 1.165) is 52.0 Å². The van der Waals surface area contributed by atoms with Crippen LogP contribution in [0.1, 0.15) is 39.5 Å². The second-order valence-electron chi connectivity index (χ2n) is 5.82. The minimum Gasteiger partial charge on any atom is -0.348 e. The average molecular weight is 284 g/mol. The Bertz CT molecular complexity index is 315. The maximum absolute atomic E-state index is 12.1. The molecule has 0 N–H and O–H groups in total. The number of hydrogen-bond acceptors (Lipinski definition) is 4. The summed E-state index contributed by atoms with van der Waals surface area (Å²) in [6.45, 7) is 7.60. The van der Waals surface area contributed by atoms with Gasteiger partial charge in [0.15, 0.2) is 5.79 Å². The van der Waals surface area contributed by atoms with E-state index in [9.17, 15) is 4.79 Å². The Labute approximate surface area is 122 Å². The Morgan fingerprint density at radius 3 is 2.20 bits per heavy atom. The van der Waals surface area contributed by atoms with E-state index in [1.165, 1.54) is 0 Å². The molecule has 2 aliphatic rings. The molecule has 2 rings (SSSR count). The molecular weight excluding hydrogens is 256 g/mol. The van der Waals surface area contributed by atoms with Gasteiger partial charge in [0.05, 0.1) is 19.8 Å². The van der Waals surface area contributed by atoms with E-state index in [1.807, 2.05) is 18.7 Å². The van der Waals surface area contributed by atoms with E-state index >= 15 is 0 Å². The monoisotopic (exact) mass is 284 g/mol. The zero-order valence-corrected chi connectivity index (χ0v) is 13.1. The first kappa shape index (κ1) is 15.7. The number of rotatable bonds is 5. The van der Waals surface area contributed by atoms with Crippen molar-refractivity contribution in [3.63, 3.8) is 0 Å². The molecule has 0 aromatic rings. The molecule has 1 amide bonds. The lowest BCUT2D eigenvalue weighted by Crippen LogP contribution is -2.46. The number of nitrogens with zero attached hydrogens (tertiary/aromatic N) is 2. The fourth-order valence-corrected chi connectivity index (χ4v) is 3.29. The Kier molecular flexibility index (Phi) is 5.41. The van der Waals surface area contributed by atoms with Gasteiger partial charge in [0, 0.05) is 32.0 Å². The number of likely N-dealkylation sites (N-methyl/N-ethyl adjacent to an activating group) is 2. The summed E-state index contributed by atoms with van der Waals surface area (Å²) in [6, 6.07) is 0.466. The lowest BCUT2D eigenvalue weighted by Gasteiger charge is -2.39. The second-order valence-corrected chi connectivity index (χ2v) is 5.82. The van der Waals surface area contributed by atoms with E-state index in [1.54, 1.807) is 0 Å². The Balaban J connectivity index is 1.79. The summed E-state index contributed by atoms with van der Waals surface area (Å²) in [5, 5.41) is 0. The molecule has 0 unspecified atom stereocenters. The fraction of sp³-hybridized carbons (Fsp3) is 0.933. The average Bonchev–Trinajstić information content (AvgIpc) is 2.89. The number of carbonyl (C=O) groups excluding carboxylic acids is 1. The van der Waals surface area contributed by atoms with E-state index in [0.29, 0.717) is 12.6 Å². The van der Waals surface area contributed by atoms with Crippen LogP contribution in [0.4, 0.5) is 0 Å². The molecular formula is C15H28N2O3. The van der Waals surface area contributed by atoms with Crippen molar-refractivity contribution in [1.82, 2.24) is 9.80 Å². The molecule has 0 radical (unpaired) electrons. The number of ether oxygens (including phenoxy) is 2. The van der Waals surface area contributed by atoms with Crippen LogP contribution in [0.25, 0.3) is 0 Å². The van der Waals surface area contributed by atoms with Crippen LogP contribution in [0.15, 0.2) is 0 Å². The zero-order valence-electron chi connectivity index (χ0n) is 13.1. The van der Waals surface area contributed by atoms with Gasteiger partial charge in [0.25, 0.3) is 0 Å². The predicted octanol–water partition coefficient (Wildman–Crippen LogP) is 1.47. The van der Waals surface area contributed by atoms with E-state index in [4.69, 9.17) is 9.47 Å². The topological polar surface area (TPSA) is 42.0 Å². The van der Waals surface area contributed by atoms with Crippen LogP contribution in [0.3, 0.4) is 0 Å². The molecule has 20 heavy (non-hydrogen) atoms. The second kappa shape index (κ2) is 6.87. The van der Waals surface area contributed by atoms with E-state index in [2.05, 4.69) is 11.9 Å². The highest BCUT2D eigenvalue weighted by molar-refractivity contribution is 5.78. The molecule has 0 aromatic carbocycles. The number of carbonyl (C=O) groups is 1. The minimum atomic E-state index is -0.305. The van der Waals surface area contributed by atoms with Crippen molar-refractivity contribution in [2.75, 3.05) is 39.9 Å². The molecule has 5 heteroatoms. The quantitative estimate of drug-likeness (QED) is 0.767. The van der Waals surface area contributed by atoms with Gasteiger partial charge >= 0.3 is 0 Å². The molecule has 1 saturated heterocycles. The summed E-state index contributed by atoms with van der Waals surface area (Å²) in [5.74, 6) is -0.0774. The van der Waals surface area contributed by atoms with Crippen LogP contribution in [-0.2, 0) is 14.3 Å². The molecule has 1 heterocycles. The number of hydrogen-bond donors (Lipinski definition) is 0. The van der Waals surface area contributed by atoms with Crippen molar-refractivity contribution >= 4 is 5.91 Å². The lowest BCUT2D eigenvalue weighted by molar-refractivity contribution is -0.183. The Morgan fingerprint density at radius 2 is 1.70 bits per heavy atom. The molecule has 5 nitrogen and oxygen atoms in total.